The van der Waals surface area contributed by atoms with Crippen LogP contribution >= 0.6 is 0 Å². The number of ether oxygens (including phenoxy) is 1. The van der Waals surface area contributed by atoms with E-state index in [1.807, 2.05) is 54.6 Å². The van der Waals surface area contributed by atoms with E-state index in [4.69, 9.17) is 10.5 Å². The van der Waals surface area contributed by atoms with Crippen molar-refractivity contribution in [2.45, 2.75) is 45.3 Å². The van der Waals surface area contributed by atoms with Gasteiger partial charge >= 0.3 is 0 Å². The lowest BCUT2D eigenvalue weighted by Gasteiger charge is -2.43. The SMILES string of the molecule is CC/C=C(\C(C(N)=O)=C1\NCC[C@@H](C2CCNCC2)N1C)c1ccc(OCc2ccccc2)cc1. The average Bonchev–Trinajstić information content (AvgIpc) is 2.89. The van der Waals surface area contributed by atoms with Gasteiger partial charge in [-0.15, -0.1) is 0 Å². The topological polar surface area (TPSA) is 79.6 Å². The molecule has 2 aliphatic heterocycles. The maximum absolute atomic E-state index is 12.9. The molecule has 0 spiro atoms. The molecule has 2 aromatic rings. The number of piperidine rings is 1. The van der Waals surface area contributed by atoms with Gasteiger partial charge in [-0.1, -0.05) is 55.5 Å². The van der Waals surface area contributed by atoms with E-state index in [-0.39, 0.29) is 0 Å². The highest BCUT2D eigenvalue weighted by Gasteiger charge is 2.33. The van der Waals surface area contributed by atoms with Crippen molar-refractivity contribution in [1.82, 2.24) is 15.5 Å². The molecule has 0 unspecified atom stereocenters. The predicted molar refractivity (Wildman–Crippen MR) is 141 cm³/mol. The van der Waals surface area contributed by atoms with E-state index in [0.29, 0.717) is 24.1 Å². The van der Waals surface area contributed by atoms with Gasteiger partial charge in [-0.3, -0.25) is 4.79 Å². The molecule has 2 heterocycles. The molecule has 4 N–H and O–H groups in total. The van der Waals surface area contributed by atoms with Crippen molar-refractivity contribution in [2.75, 3.05) is 26.7 Å². The van der Waals surface area contributed by atoms with Crippen LogP contribution in [0, 0.1) is 5.92 Å². The molecule has 0 saturated carbocycles. The molecule has 0 aliphatic carbocycles. The second kappa shape index (κ2) is 11.9. The molecule has 35 heavy (non-hydrogen) atoms. The highest BCUT2D eigenvalue weighted by atomic mass is 16.5. The number of amides is 1. The van der Waals surface area contributed by atoms with Crippen LogP contribution in [0.5, 0.6) is 5.75 Å². The zero-order valence-electron chi connectivity index (χ0n) is 20.9. The number of nitrogens with two attached hydrogens (primary N) is 1. The van der Waals surface area contributed by atoms with E-state index >= 15 is 0 Å². The molecule has 2 aromatic carbocycles. The quantitative estimate of drug-likeness (QED) is 0.503. The molecule has 2 fully saturated rings. The summed E-state index contributed by atoms with van der Waals surface area (Å²) in [4.78, 5) is 15.1. The highest BCUT2D eigenvalue weighted by molar-refractivity contribution is 6.09. The standard InChI is InChI=1S/C29H38N4O2/c1-3-7-25(22-10-12-24(13-11-22)35-20-21-8-5-4-6-9-21)27(28(30)34)29-32-19-16-26(33(29)2)23-14-17-31-18-15-23/h4-13,23,26,31-32H,3,14-20H2,1-2H3,(H2,30,34)/b25-7-,29-27+/t26-/m0/s1. The van der Waals surface area contributed by atoms with Crippen LogP contribution in [0.4, 0.5) is 0 Å². The molecule has 6 heteroatoms. The van der Waals surface area contributed by atoms with E-state index < -0.39 is 5.91 Å². The number of nitrogens with one attached hydrogen (secondary N) is 2. The number of hydrogen-bond acceptors (Lipinski definition) is 5. The Balaban J connectivity index is 1.59. The smallest absolute Gasteiger partial charge is 0.252 e. The summed E-state index contributed by atoms with van der Waals surface area (Å²) in [7, 11) is 2.10. The number of hydrogen-bond donors (Lipinski definition) is 3. The molecular weight excluding hydrogens is 436 g/mol. The highest BCUT2D eigenvalue weighted by Crippen LogP contribution is 2.33. The van der Waals surface area contributed by atoms with Crippen LogP contribution in [0.15, 0.2) is 72.1 Å². The summed E-state index contributed by atoms with van der Waals surface area (Å²) in [5.74, 6) is 1.85. The van der Waals surface area contributed by atoms with E-state index in [9.17, 15) is 4.79 Å². The lowest BCUT2D eigenvalue weighted by atomic mass is 9.85. The van der Waals surface area contributed by atoms with Crippen LogP contribution in [-0.2, 0) is 11.4 Å². The van der Waals surface area contributed by atoms with E-state index in [2.05, 4.69) is 35.6 Å². The van der Waals surface area contributed by atoms with Crippen molar-refractivity contribution in [3.63, 3.8) is 0 Å². The third kappa shape index (κ3) is 6.06. The first kappa shape index (κ1) is 24.9. The second-order valence-electron chi connectivity index (χ2n) is 9.39. The van der Waals surface area contributed by atoms with Gasteiger partial charge in [-0.2, -0.15) is 0 Å². The Labute approximate surface area is 209 Å². The van der Waals surface area contributed by atoms with Crippen molar-refractivity contribution < 1.29 is 9.53 Å². The van der Waals surface area contributed by atoms with Gasteiger partial charge in [0.2, 0.25) is 0 Å². The number of primary amides is 1. The van der Waals surface area contributed by atoms with Gasteiger partial charge in [0.1, 0.15) is 18.2 Å². The van der Waals surface area contributed by atoms with Gasteiger partial charge in [-0.25, -0.2) is 0 Å². The van der Waals surface area contributed by atoms with E-state index in [1.54, 1.807) is 0 Å². The minimum Gasteiger partial charge on any atom is -0.489 e. The minimum atomic E-state index is -0.408. The van der Waals surface area contributed by atoms with Gasteiger partial charge in [0.05, 0.1) is 5.57 Å². The van der Waals surface area contributed by atoms with Crippen molar-refractivity contribution in [1.29, 1.82) is 0 Å². The zero-order chi connectivity index (χ0) is 24.6. The first-order valence-corrected chi connectivity index (χ1v) is 12.8. The van der Waals surface area contributed by atoms with Crippen LogP contribution in [0.25, 0.3) is 5.57 Å². The summed E-state index contributed by atoms with van der Waals surface area (Å²) < 4.78 is 5.96. The zero-order valence-corrected chi connectivity index (χ0v) is 20.9. The van der Waals surface area contributed by atoms with Crippen LogP contribution < -0.4 is 21.1 Å². The molecule has 0 radical (unpaired) electrons. The molecule has 186 valence electrons. The number of carbonyl (C=O) groups excluding carboxylic acids is 1. The first-order chi connectivity index (χ1) is 17.1. The number of allylic oxidation sites excluding steroid dienone is 1. The molecular formula is C29H38N4O2. The maximum atomic E-state index is 12.9. The van der Waals surface area contributed by atoms with E-state index in [0.717, 1.165) is 73.6 Å². The lowest BCUT2D eigenvalue weighted by Crippen LogP contribution is -2.51. The van der Waals surface area contributed by atoms with E-state index in [1.165, 1.54) is 0 Å². The summed E-state index contributed by atoms with van der Waals surface area (Å²) in [5, 5.41) is 6.96. The molecule has 1 atom stereocenters. The minimum absolute atomic E-state index is 0.402. The average molecular weight is 475 g/mol. The molecule has 2 aliphatic rings. The maximum Gasteiger partial charge on any atom is 0.252 e. The van der Waals surface area contributed by atoms with Gasteiger partial charge in [0.15, 0.2) is 0 Å². The molecule has 6 nitrogen and oxygen atoms in total. The fraction of sp³-hybridized carbons (Fsp3) is 0.414. The summed E-state index contributed by atoms with van der Waals surface area (Å²) in [6.07, 6.45) is 6.28. The Kier molecular flexibility index (Phi) is 8.48. The van der Waals surface area contributed by atoms with Crippen molar-refractivity contribution in [3.8, 4) is 5.75 Å². The third-order valence-electron chi connectivity index (χ3n) is 7.09. The lowest BCUT2D eigenvalue weighted by molar-refractivity contribution is -0.114. The van der Waals surface area contributed by atoms with Gasteiger partial charge in [0.25, 0.3) is 5.91 Å². The predicted octanol–water partition coefficient (Wildman–Crippen LogP) is 4.05. The normalized spacial score (nSPS) is 20.8. The Morgan fingerprint density at radius 3 is 2.43 bits per heavy atom. The van der Waals surface area contributed by atoms with Gasteiger partial charge in [0, 0.05) is 19.6 Å². The Morgan fingerprint density at radius 1 is 1.06 bits per heavy atom. The Hall–Kier alpha value is -3.25. The molecule has 0 bridgehead atoms. The molecule has 4 rings (SSSR count). The monoisotopic (exact) mass is 474 g/mol. The summed E-state index contributed by atoms with van der Waals surface area (Å²) in [6.45, 7) is 5.56. The molecule has 1 amide bonds. The van der Waals surface area contributed by atoms with Crippen molar-refractivity contribution >= 4 is 11.5 Å². The fourth-order valence-corrected chi connectivity index (χ4v) is 5.29. The summed E-state index contributed by atoms with van der Waals surface area (Å²) >= 11 is 0. The summed E-state index contributed by atoms with van der Waals surface area (Å²) in [5.41, 5.74) is 9.54. The third-order valence-corrected chi connectivity index (χ3v) is 7.09. The van der Waals surface area contributed by atoms with Crippen LogP contribution in [-0.4, -0.2) is 43.5 Å². The van der Waals surface area contributed by atoms with Gasteiger partial charge in [-0.05, 0) is 73.5 Å². The van der Waals surface area contributed by atoms with Crippen LogP contribution in [0.3, 0.4) is 0 Å². The fourth-order valence-electron chi connectivity index (χ4n) is 5.29. The first-order valence-electron chi connectivity index (χ1n) is 12.8. The Bertz CT molecular complexity index is 1040. The van der Waals surface area contributed by atoms with Crippen LogP contribution in [0.1, 0.15) is 43.7 Å². The Morgan fingerprint density at radius 2 is 1.77 bits per heavy atom. The van der Waals surface area contributed by atoms with Crippen LogP contribution in [0.2, 0.25) is 0 Å². The molecule has 0 aromatic heterocycles. The number of rotatable bonds is 8. The van der Waals surface area contributed by atoms with Crippen molar-refractivity contribution in [3.05, 3.63) is 83.2 Å². The largest absolute Gasteiger partial charge is 0.489 e. The van der Waals surface area contributed by atoms with Crippen molar-refractivity contribution in [2.24, 2.45) is 11.7 Å². The van der Waals surface area contributed by atoms with Gasteiger partial charge < -0.3 is 26.0 Å². The number of carbonyl (C=O) groups is 1. The number of nitrogens with zero attached hydrogens (tertiary/aromatic N) is 1. The molecule has 2 saturated heterocycles. The summed E-state index contributed by atoms with van der Waals surface area (Å²) in [6, 6.07) is 18.5. The number of benzene rings is 2. The second-order valence-corrected chi connectivity index (χ2v) is 9.39.